The van der Waals surface area contributed by atoms with Gasteiger partial charge in [0.15, 0.2) is 5.78 Å². The molecule has 0 spiro atoms. The summed E-state index contributed by atoms with van der Waals surface area (Å²) in [5.41, 5.74) is 0. The average Bonchev–Trinajstić information content (AvgIpc) is 2.78. The third kappa shape index (κ3) is 21.6. The molecule has 1 N–H and O–H groups in total. The normalized spacial score (nSPS) is 15.0. The van der Waals surface area contributed by atoms with Crippen LogP contribution in [-0.4, -0.2) is 42.9 Å². The molecule has 35 heavy (non-hydrogen) atoms. The predicted molar refractivity (Wildman–Crippen MR) is 155 cm³/mol. The molecule has 0 aromatic rings. The molecule has 4 nitrogen and oxygen atoms in total. The van der Waals surface area contributed by atoms with Crippen LogP contribution in [0.15, 0.2) is 12.2 Å². The molecule has 0 saturated heterocycles. The van der Waals surface area contributed by atoms with Gasteiger partial charge in [-0.1, -0.05) is 122 Å². The Morgan fingerprint density at radius 3 is 1.40 bits per heavy atom. The van der Waals surface area contributed by atoms with Gasteiger partial charge in [-0.25, -0.2) is 0 Å². The molecule has 0 aliphatic carbocycles. The number of hydrogen-bond donors (Lipinski definition) is 1. The number of allylic oxidation sites excluding steroid dienone is 2. The van der Waals surface area contributed by atoms with Crippen LogP contribution < -0.4 is 0 Å². The van der Waals surface area contributed by atoms with Gasteiger partial charge in [0, 0.05) is 6.42 Å². The third-order valence-corrected chi connectivity index (χ3v) is 9.43. The second-order valence-electron chi connectivity index (χ2n) is 11.5. The zero-order valence-electron chi connectivity index (χ0n) is 24.4. The Morgan fingerprint density at radius 2 is 1.03 bits per heavy atom. The van der Waals surface area contributed by atoms with Crippen LogP contribution in [0.4, 0.5) is 0 Å². The maximum Gasteiger partial charge on any atom is 0.385 e. The highest BCUT2D eigenvalue weighted by molar-refractivity contribution is 7.53. The van der Waals surface area contributed by atoms with Crippen molar-refractivity contribution in [2.75, 3.05) is 27.7 Å². The van der Waals surface area contributed by atoms with Crippen molar-refractivity contribution in [2.24, 2.45) is 0 Å². The van der Waals surface area contributed by atoms with E-state index in [2.05, 4.69) is 19.1 Å². The van der Waals surface area contributed by atoms with Gasteiger partial charge in [0.1, 0.15) is 0 Å². The fraction of sp³-hybridized carbons (Fsp3) is 0.933. The molecule has 2 atom stereocenters. The standard InChI is InChI=1S/C30H62NO3P/c1-6-8-9-10-11-12-13-14-15-16-17-18-19-20-21-22-23-24-25-26-27-28-29-34-35(32,33)30(7-2)31(3,4)5/h16-17,30H,6-15,18-29H2,1-5H3/p+1. The number of quaternary nitrogens is 1. The molecule has 0 aromatic heterocycles. The van der Waals surface area contributed by atoms with E-state index < -0.39 is 7.60 Å². The van der Waals surface area contributed by atoms with E-state index in [0.29, 0.717) is 17.5 Å². The Bertz CT molecular complexity index is 530. The highest BCUT2D eigenvalue weighted by Gasteiger charge is 2.41. The van der Waals surface area contributed by atoms with Gasteiger partial charge in [0.2, 0.25) is 0 Å². The first kappa shape index (κ1) is 34.9. The number of nitrogens with zero attached hydrogens (tertiary/aromatic N) is 1. The highest BCUT2D eigenvalue weighted by Crippen LogP contribution is 2.51. The van der Waals surface area contributed by atoms with Crippen LogP contribution >= 0.6 is 7.60 Å². The lowest BCUT2D eigenvalue weighted by Gasteiger charge is -2.35. The van der Waals surface area contributed by atoms with Crippen LogP contribution in [-0.2, 0) is 9.09 Å². The molecule has 0 fully saturated rings. The fourth-order valence-electron chi connectivity index (χ4n) is 4.91. The Balaban J connectivity index is 3.39. The van der Waals surface area contributed by atoms with Gasteiger partial charge in [-0.15, -0.1) is 0 Å². The molecule has 0 heterocycles. The highest BCUT2D eigenvalue weighted by atomic mass is 31.2. The second-order valence-corrected chi connectivity index (χ2v) is 13.4. The van der Waals surface area contributed by atoms with E-state index in [9.17, 15) is 9.46 Å². The molecule has 210 valence electrons. The quantitative estimate of drug-likeness (QED) is 0.0538. The minimum Gasteiger partial charge on any atom is -0.320 e. The van der Waals surface area contributed by atoms with E-state index in [-0.39, 0.29) is 5.78 Å². The summed E-state index contributed by atoms with van der Waals surface area (Å²) in [4.78, 5) is 10.3. The SMILES string of the molecule is CCCCCCCCCCC=CCCCCCCCCCCCCOP(=O)(O)C(CC)[N+](C)(C)C. The predicted octanol–water partition coefficient (Wildman–Crippen LogP) is 10.0. The Labute approximate surface area is 220 Å². The maximum atomic E-state index is 12.5. The zero-order chi connectivity index (χ0) is 26.3. The van der Waals surface area contributed by atoms with Crippen LogP contribution in [0.2, 0.25) is 0 Å². The number of hydrogen-bond acceptors (Lipinski definition) is 2. The van der Waals surface area contributed by atoms with E-state index in [1.807, 2.05) is 28.1 Å². The summed E-state index contributed by atoms with van der Waals surface area (Å²) in [6.07, 6.45) is 31.8. The van der Waals surface area contributed by atoms with Crippen LogP contribution in [0.25, 0.3) is 0 Å². The summed E-state index contributed by atoms with van der Waals surface area (Å²) in [7, 11) is 2.31. The lowest BCUT2D eigenvalue weighted by atomic mass is 10.1. The van der Waals surface area contributed by atoms with E-state index in [0.717, 1.165) is 12.8 Å². The van der Waals surface area contributed by atoms with Crippen molar-refractivity contribution in [1.29, 1.82) is 0 Å². The smallest absolute Gasteiger partial charge is 0.320 e. The molecule has 0 bridgehead atoms. The molecule has 0 radical (unpaired) electrons. The monoisotopic (exact) mass is 516 g/mol. The van der Waals surface area contributed by atoms with Gasteiger partial charge in [-0.2, -0.15) is 0 Å². The molecular formula is C30H63NO3P+. The molecule has 2 unspecified atom stereocenters. The molecule has 5 heteroatoms. The lowest BCUT2D eigenvalue weighted by molar-refractivity contribution is -0.883. The summed E-state index contributed by atoms with van der Waals surface area (Å²) in [6.45, 7) is 4.64. The van der Waals surface area contributed by atoms with E-state index in [1.54, 1.807) is 0 Å². The molecule has 0 aliphatic rings. The first-order valence-electron chi connectivity index (χ1n) is 15.2. The Hall–Kier alpha value is -0.150. The van der Waals surface area contributed by atoms with Gasteiger partial charge in [0.05, 0.1) is 27.7 Å². The van der Waals surface area contributed by atoms with Crippen molar-refractivity contribution < 1.29 is 18.5 Å². The maximum absolute atomic E-state index is 12.5. The van der Waals surface area contributed by atoms with Crippen LogP contribution in [0, 0.1) is 0 Å². The fourth-order valence-corrected chi connectivity index (χ4v) is 6.81. The van der Waals surface area contributed by atoms with Crippen LogP contribution in [0.1, 0.15) is 149 Å². The summed E-state index contributed by atoms with van der Waals surface area (Å²) in [6, 6.07) is 0. The van der Waals surface area contributed by atoms with Crippen molar-refractivity contribution >= 4 is 7.60 Å². The van der Waals surface area contributed by atoms with Crippen LogP contribution in [0.3, 0.4) is 0 Å². The number of rotatable bonds is 26. The minimum atomic E-state index is -3.55. The largest absolute Gasteiger partial charge is 0.385 e. The topological polar surface area (TPSA) is 46.5 Å². The molecular weight excluding hydrogens is 453 g/mol. The van der Waals surface area contributed by atoms with Crippen molar-refractivity contribution in [3.05, 3.63) is 12.2 Å². The molecule has 0 saturated carbocycles. The van der Waals surface area contributed by atoms with Gasteiger partial charge >= 0.3 is 7.60 Å². The van der Waals surface area contributed by atoms with E-state index in [1.165, 1.54) is 116 Å². The molecule has 0 amide bonds. The Morgan fingerprint density at radius 1 is 0.657 bits per heavy atom. The van der Waals surface area contributed by atoms with Crippen molar-refractivity contribution in [2.45, 2.75) is 154 Å². The van der Waals surface area contributed by atoms with Gasteiger partial charge < -0.3 is 13.9 Å². The zero-order valence-corrected chi connectivity index (χ0v) is 25.3. The first-order chi connectivity index (χ1) is 16.8. The Kier molecular flexibility index (Phi) is 22.9. The molecule has 0 aliphatic heterocycles. The lowest BCUT2D eigenvalue weighted by Crippen LogP contribution is -2.44. The molecule has 0 aromatic carbocycles. The van der Waals surface area contributed by atoms with Crippen molar-refractivity contribution in [3.8, 4) is 0 Å². The van der Waals surface area contributed by atoms with Crippen LogP contribution in [0.5, 0.6) is 0 Å². The van der Waals surface area contributed by atoms with Gasteiger partial charge in [0.25, 0.3) is 0 Å². The third-order valence-electron chi connectivity index (χ3n) is 7.07. The minimum absolute atomic E-state index is 0.349. The molecule has 0 rings (SSSR count). The summed E-state index contributed by atoms with van der Waals surface area (Å²) < 4.78 is 18.4. The summed E-state index contributed by atoms with van der Waals surface area (Å²) >= 11 is 0. The van der Waals surface area contributed by atoms with E-state index in [4.69, 9.17) is 4.52 Å². The second kappa shape index (κ2) is 23.0. The first-order valence-corrected chi connectivity index (χ1v) is 16.8. The summed E-state index contributed by atoms with van der Waals surface area (Å²) in [5, 5.41) is 0. The summed E-state index contributed by atoms with van der Waals surface area (Å²) in [5.74, 6) is -0.349. The van der Waals surface area contributed by atoms with Crippen molar-refractivity contribution in [3.63, 3.8) is 0 Å². The van der Waals surface area contributed by atoms with Crippen molar-refractivity contribution in [1.82, 2.24) is 0 Å². The van der Waals surface area contributed by atoms with E-state index >= 15 is 0 Å². The number of unbranched alkanes of at least 4 members (excludes halogenated alkanes) is 18. The van der Waals surface area contributed by atoms with Gasteiger partial charge in [-0.3, -0.25) is 4.57 Å². The average molecular weight is 517 g/mol. The van der Waals surface area contributed by atoms with Gasteiger partial charge in [-0.05, 0) is 32.1 Å².